The van der Waals surface area contributed by atoms with Crippen molar-refractivity contribution >= 4 is 22.7 Å². The second kappa shape index (κ2) is 7.50. The quantitative estimate of drug-likeness (QED) is 0.770. The van der Waals surface area contributed by atoms with Crippen LogP contribution in [0, 0.1) is 0 Å². The van der Waals surface area contributed by atoms with Gasteiger partial charge in [0, 0.05) is 23.7 Å². The van der Waals surface area contributed by atoms with E-state index in [0.717, 1.165) is 28.6 Å². The Balaban J connectivity index is 1.99. The SMILES string of the molecule is CCSCCC(C)NCc1cc2ccccc2[nH]c1=O. The van der Waals surface area contributed by atoms with E-state index in [1.54, 1.807) is 0 Å². The van der Waals surface area contributed by atoms with Gasteiger partial charge in [0.1, 0.15) is 0 Å². The van der Waals surface area contributed by atoms with Gasteiger partial charge in [0.25, 0.3) is 5.56 Å². The molecule has 0 aliphatic carbocycles. The Labute approximate surface area is 124 Å². The first-order valence-electron chi connectivity index (χ1n) is 7.12. The van der Waals surface area contributed by atoms with Gasteiger partial charge in [0.05, 0.1) is 0 Å². The van der Waals surface area contributed by atoms with E-state index in [2.05, 4.69) is 24.1 Å². The minimum Gasteiger partial charge on any atom is -0.322 e. The van der Waals surface area contributed by atoms with Crippen molar-refractivity contribution in [3.63, 3.8) is 0 Å². The van der Waals surface area contributed by atoms with E-state index in [4.69, 9.17) is 0 Å². The van der Waals surface area contributed by atoms with E-state index in [-0.39, 0.29) is 5.56 Å². The molecular weight excluding hydrogens is 268 g/mol. The van der Waals surface area contributed by atoms with Gasteiger partial charge < -0.3 is 10.3 Å². The third kappa shape index (κ3) is 4.12. The molecule has 0 amide bonds. The maximum Gasteiger partial charge on any atom is 0.252 e. The van der Waals surface area contributed by atoms with E-state index in [1.807, 2.05) is 42.1 Å². The molecule has 0 fully saturated rings. The number of hydrogen-bond donors (Lipinski definition) is 2. The number of hydrogen-bond acceptors (Lipinski definition) is 3. The number of fused-ring (bicyclic) bond motifs is 1. The van der Waals surface area contributed by atoms with Crippen molar-refractivity contribution < 1.29 is 0 Å². The van der Waals surface area contributed by atoms with Crippen LogP contribution in [0.15, 0.2) is 35.1 Å². The summed E-state index contributed by atoms with van der Waals surface area (Å²) in [5.41, 5.74) is 1.71. The molecule has 1 atom stereocenters. The molecule has 0 bridgehead atoms. The first kappa shape index (κ1) is 15.1. The lowest BCUT2D eigenvalue weighted by Crippen LogP contribution is -2.29. The highest BCUT2D eigenvalue weighted by Crippen LogP contribution is 2.10. The van der Waals surface area contributed by atoms with Gasteiger partial charge in [-0.15, -0.1) is 0 Å². The third-order valence-electron chi connectivity index (χ3n) is 3.37. The lowest BCUT2D eigenvalue weighted by Gasteiger charge is -2.13. The van der Waals surface area contributed by atoms with Gasteiger partial charge in [-0.1, -0.05) is 25.1 Å². The smallest absolute Gasteiger partial charge is 0.252 e. The molecule has 1 aromatic heterocycles. The van der Waals surface area contributed by atoms with E-state index in [9.17, 15) is 4.79 Å². The molecule has 2 aromatic rings. The maximum atomic E-state index is 12.0. The van der Waals surface area contributed by atoms with Crippen LogP contribution in [0.5, 0.6) is 0 Å². The number of pyridine rings is 1. The molecule has 0 saturated carbocycles. The average Bonchev–Trinajstić information content (AvgIpc) is 2.45. The van der Waals surface area contributed by atoms with Crippen molar-refractivity contribution in [2.24, 2.45) is 0 Å². The highest BCUT2D eigenvalue weighted by atomic mass is 32.2. The minimum absolute atomic E-state index is 0.00586. The number of rotatable bonds is 7. The highest BCUT2D eigenvalue weighted by molar-refractivity contribution is 7.99. The number of aromatic amines is 1. The second-order valence-electron chi connectivity index (χ2n) is 4.98. The summed E-state index contributed by atoms with van der Waals surface area (Å²) in [6.07, 6.45) is 1.13. The fourth-order valence-electron chi connectivity index (χ4n) is 2.11. The summed E-state index contributed by atoms with van der Waals surface area (Å²) in [6.45, 7) is 4.97. The summed E-state index contributed by atoms with van der Waals surface area (Å²) in [6, 6.07) is 10.3. The minimum atomic E-state index is 0.00586. The maximum absolute atomic E-state index is 12.0. The Hall–Kier alpha value is -1.26. The molecule has 1 unspecified atom stereocenters. The van der Waals surface area contributed by atoms with Crippen LogP contribution in [0.2, 0.25) is 0 Å². The average molecular weight is 290 g/mol. The molecular formula is C16H22N2OS. The predicted molar refractivity (Wildman–Crippen MR) is 88.5 cm³/mol. The van der Waals surface area contributed by atoms with E-state index >= 15 is 0 Å². The Bertz CT molecular complexity index is 609. The summed E-state index contributed by atoms with van der Waals surface area (Å²) in [5.74, 6) is 2.33. The molecule has 3 nitrogen and oxygen atoms in total. The van der Waals surface area contributed by atoms with Gasteiger partial charge in [-0.2, -0.15) is 11.8 Å². The molecule has 4 heteroatoms. The lowest BCUT2D eigenvalue weighted by atomic mass is 10.1. The number of aromatic nitrogens is 1. The van der Waals surface area contributed by atoms with Crippen LogP contribution in [0.1, 0.15) is 25.8 Å². The zero-order valence-corrected chi connectivity index (χ0v) is 12.9. The molecule has 2 N–H and O–H groups in total. The van der Waals surface area contributed by atoms with Crippen LogP contribution in [0.4, 0.5) is 0 Å². The highest BCUT2D eigenvalue weighted by Gasteiger charge is 2.05. The summed E-state index contributed by atoms with van der Waals surface area (Å²) < 4.78 is 0. The molecule has 0 saturated heterocycles. The largest absolute Gasteiger partial charge is 0.322 e. The van der Waals surface area contributed by atoms with Gasteiger partial charge in [-0.3, -0.25) is 4.79 Å². The summed E-state index contributed by atoms with van der Waals surface area (Å²) in [7, 11) is 0. The van der Waals surface area contributed by atoms with Gasteiger partial charge in [-0.25, -0.2) is 0 Å². The Morgan fingerprint density at radius 3 is 2.95 bits per heavy atom. The van der Waals surface area contributed by atoms with E-state index < -0.39 is 0 Å². The van der Waals surface area contributed by atoms with E-state index in [1.165, 1.54) is 5.75 Å². The molecule has 1 aromatic carbocycles. The Morgan fingerprint density at radius 1 is 1.35 bits per heavy atom. The van der Waals surface area contributed by atoms with Gasteiger partial charge in [0.2, 0.25) is 0 Å². The topological polar surface area (TPSA) is 44.9 Å². The van der Waals surface area contributed by atoms with Gasteiger partial charge in [0.15, 0.2) is 0 Å². The number of thioether (sulfide) groups is 1. The first-order chi connectivity index (χ1) is 9.70. The lowest BCUT2D eigenvalue weighted by molar-refractivity contribution is 0.536. The van der Waals surface area contributed by atoms with Crippen LogP contribution in [-0.2, 0) is 6.54 Å². The van der Waals surface area contributed by atoms with Crippen LogP contribution >= 0.6 is 11.8 Å². The molecule has 0 spiro atoms. The van der Waals surface area contributed by atoms with Crippen molar-refractivity contribution in [2.45, 2.75) is 32.9 Å². The van der Waals surface area contributed by atoms with Crippen LogP contribution in [0.25, 0.3) is 10.9 Å². The van der Waals surface area contributed by atoms with Crippen molar-refractivity contribution in [2.75, 3.05) is 11.5 Å². The number of H-pyrrole nitrogens is 1. The van der Waals surface area contributed by atoms with Crippen molar-refractivity contribution in [1.29, 1.82) is 0 Å². The van der Waals surface area contributed by atoms with Crippen LogP contribution < -0.4 is 10.9 Å². The summed E-state index contributed by atoms with van der Waals surface area (Å²) in [4.78, 5) is 14.9. The molecule has 0 radical (unpaired) electrons. The fourth-order valence-corrected chi connectivity index (χ4v) is 2.92. The second-order valence-corrected chi connectivity index (χ2v) is 6.37. The zero-order chi connectivity index (χ0) is 14.4. The zero-order valence-electron chi connectivity index (χ0n) is 12.1. The summed E-state index contributed by atoms with van der Waals surface area (Å²) in [5, 5.41) is 4.51. The fraction of sp³-hybridized carbons (Fsp3) is 0.438. The Morgan fingerprint density at radius 2 is 2.15 bits per heavy atom. The monoisotopic (exact) mass is 290 g/mol. The Kier molecular flexibility index (Phi) is 5.68. The van der Waals surface area contributed by atoms with Crippen molar-refractivity contribution in [1.82, 2.24) is 10.3 Å². The third-order valence-corrected chi connectivity index (χ3v) is 4.30. The molecule has 108 valence electrons. The summed E-state index contributed by atoms with van der Waals surface area (Å²) >= 11 is 1.96. The number of para-hydroxylation sites is 1. The number of nitrogens with one attached hydrogen (secondary N) is 2. The molecule has 2 rings (SSSR count). The molecule has 20 heavy (non-hydrogen) atoms. The van der Waals surface area contributed by atoms with Crippen molar-refractivity contribution in [3.8, 4) is 0 Å². The van der Waals surface area contributed by atoms with Gasteiger partial charge in [-0.05, 0) is 42.4 Å². The van der Waals surface area contributed by atoms with Gasteiger partial charge >= 0.3 is 0 Å². The first-order valence-corrected chi connectivity index (χ1v) is 8.28. The van der Waals surface area contributed by atoms with Crippen molar-refractivity contribution in [3.05, 3.63) is 46.2 Å². The van der Waals surface area contributed by atoms with E-state index in [0.29, 0.717) is 12.6 Å². The predicted octanol–water partition coefficient (Wildman–Crippen LogP) is 3.15. The molecule has 1 heterocycles. The standard InChI is InChI=1S/C16H22N2OS/c1-3-20-9-8-12(2)17-11-14-10-13-6-4-5-7-15(13)18-16(14)19/h4-7,10,12,17H,3,8-9,11H2,1-2H3,(H,18,19). The molecule has 0 aliphatic heterocycles. The molecule has 0 aliphatic rings. The van der Waals surface area contributed by atoms with Crippen LogP contribution in [-0.4, -0.2) is 22.5 Å². The van der Waals surface area contributed by atoms with Crippen LogP contribution in [0.3, 0.4) is 0 Å². The normalized spacial score (nSPS) is 12.7. The number of benzene rings is 1.